The molecule has 2 heteroatoms. The molecular formula is C18H18N2. The second-order valence-corrected chi connectivity index (χ2v) is 5.61. The van der Waals surface area contributed by atoms with Crippen molar-refractivity contribution in [2.24, 2.45) is 0 Å². The van der Waals surface area contributed by atoms with Crippen LogP contribution in [-0.2, 0) is 12.8 Å². The molecule has 2 heterocycles. The van der Waals surface area contributed by atoms with Gasteiger partial charge in [0.1, 0.15) is 0 Å². The number of hydrogen-bond acceptors (Lipinski definition) is 1. The molecule has 0 saturated heterocycles. The summed E-state index contributed by atoms with van der Waals surface area (Å²) in [5.41, 5.74) is 6.74. The number of nitrogens with one attached hydrogen (secondary N) is 1. The molecule has 0 aliphatic heterocycles. The molecule has 0 radical (unpaired) electrons. The third kappa shape index (κ3) is 1.83. The van der Waals surface area contributed by atoms with Crippen molar-refractivity contribution < 1.29 is 0 Å². The molecule has 1 aliphatic carbocycles. The summed E-state index contributed by atoms with van der Waals surface area (Å²) in [6.07, 6.45) is 10.2. The summed E-state index contributed by atoms with van der Waals surface area (Å²) in [6, 6.07) is 10.8. The summed E-state index contributed by atoms with van der Waals surface area (Å²) in [5, 5.41) is 1.41. The molecule has 3 aromatic rings. The fraction of sp³-hybridized carbons (Fsp3) is 0.278. The highest BCUT2D eigenvalue weighted by Gasteiger charge is 2.16. The Kier molecular flexibility index (Phi) is 2.80. The molecular weight excluding hydrogens is 244 g/mol. The number of rotatable bonds is 1. The average Bonchev–Trinajstić information content (AvgIpc) is 2.70. The van der Waals surface area contributed by atoms with E-state index < -0.39 is 0 Å². The van der Waals surface area contributed by atoms with E-state index in [0.717, 1.165) is 0 Å². The van der Waals surface area contributed by atoms with Crippen molar-refractivity contribution in [3.8, 4) is 11.1 Å². The molecule has 2 aromatic heterocycles. The topological polar surface area (TPSA) is 28.7 Å². The number of hydrogen-bond donors (Lipinski definition) is 1. The number of aromatic amines is 1. The van der Waals surface area contributed by atoms with Gasteiger partial charge in [0.05, 0.1) is 5.52 Å². The number of nitrogens with zero attached hydrogens (tertiary/aromatic N) is 1. The first-order valence-corrected chi connectivity index (χ1v) is 7.46. The first-order chi connectivity index (χ1) is 9.93. The zero-order chi connectivity index (χ0) is 13.4. The van der Waals surface area contributed by atoms with Gasteiger partial charge in [-0.1, -0.05) is 30.7 Å². The lowest BCUT2D eigenvalue weighted by atomic mass is 10.0. The molecule has 0 fully saturated rings. The fourth-order valence-electron chi connectivity index (χ4n) is 3.37. The van der Waals surface area contributed by atoms with Crippen LogP contribution in [0.3, 0.4) is 0 Å². The van der Waals surface area contributed by atoms with Gasteiger partial charge in [0.2, 0.25) is 0 Å². The highest BCUT2D eigenvalue weighted by atomic mass is 14.7. The summed E-state index contributed by atoms with van der Waals surface area (Å²) in [7, 11) is 0. The third-order valence-corrected chi connectivity index (χ3v) is 4.36. The van der Waals surface area contributed by atoms with E-state index in [0.29, 0.717) is 0 Å². The molecule has 1 N–H and O–H groups in total. The Morgan fingerprint density at radius 3 is 2.80 bits per heavy atom. The highest BCUT2D eigenvalue weighted by Crippen LogP contribution is 2.34. The minimum Gasteiger partial charge on any atom is -0.358 e. The van der Waals surface area contributed by atoms with E-state index in [1.165, 1.54) is 59.8 Å². The van der Waals surface area contributed by atoms with Crippen LogP contribution in [0, 0.1) is 0 Å². The van der Waals surface area contributed by atoms with E-state index in [4.69, 9.17) is 0 Å². The van der Waals surface area contributed by atoms with Crippen LogP contribution in [0.4, 0.5) is 0 Å². The van der Waals surface area contributed by atoms with Crippen molar-refractivity contribution in [3.05, 3.63) is 54.0 Å². The van der Waals surface area contributed by atoms with Crippen LogP contribution in [0.2, 0.25) is 0 Å². The molecule has 0 saturated carbocycles. The van der Waals surface area contributed by atoms with Gasteiger partial charge in [-0.05, 0) is 37.3 Å². The Bertz CT molecular complexity index is 741. The summed E-state index contributed by atoms with van der Waals surface area (Å²) in [5.74, 6) is 0. The monoisotopic (exact) mass is 262 g/mol. The maximum Gasteiger partial charge on any atom is 0.0539 e. The highest BCUT2D eigenvalue weighted by molar-refractivity contribution is 5.96. The number of benzene rings is 1. The van der Waals surface area contributed by atoms with Gasteiger partial charge in [0.25, 0.3) is 0 Å². The van der Waals surface area contributed by atoms with Crippen molar-refractivity contribution in [3.63, 3.8) is 0 Å². The van der Waals surface area contributed by atoms with Gasteiger partial charge in [-0.15, -0.1) is 0 Å². The van der Waals surface area contributed by atoms with Crippen LogP contribution >= 0.6 is 0 Å². The van der Waals surface area contributed by atoms with Crippen LogP contribution in [-0.4, -0.2) is 9.97 Å². The van der Waals surface area contributed by atoms with Crippen LogP contribution in [0.5, 0.6) is 0 Å². The molecule has 0 amide bonds. The second kappa shape index (κ2) is 4.78. The number of pyridine rings is 1. The normalized spacial score (nSPS) is 15.0. The van der Waals surface area contributed by atoms with Crippen LogP contribution in [0.25, 0.3) is 22.0 Å². The van der Waals surface area contributed by atoms with Gasteiger partial charge >= 0.3 is 0 Å². The number of para-hydroxylation sites is 1. The van der Waals surface area contributed by atoms with Crippen LogP contribution < -0.4 is 0 Å². The van der Waals surface area contributed by atoms with Crippen molar-refractivity contribution >= 4 is 10.9 Å². The lowest BCUT2D eigenvalue weighted by Gasteiger charge is -2.03. The van der Waals surface area contributed by atoms with E-state index in [1.807, 2.05) is 18.5 Å². The Morgan fingerprint density at radius 1 is 0.950 bits per heavy atom. The molecule has 2 nitrogen and oxygen atoms in total. The van der Waals surface area contributed by atoms with Gasteiger partial charge in [-0.3, -0.25) is 4.98 Å². The number of aryl methyl sites for hydroxylation is 2. The predicted molar refractivity (Wildman–Crippen MR) is 82.8 cm³/mol. The van der Waals surface area contributed by atoms with Gasteiger partial charge in [0, 0.05) is 34.6 Å². The molecule has 0 bridgehead atoms. The summed E-state index contributed by atoms with van der Waals surface area (Å²) in [6.45, 7) is 0. The van der Waals surface area contributed by atoms with Gasteiger partial charge in [0.15, 0.2) is 0 Å². The Balaban J connectivity index is 1.96. The summed E-state index contributed by atoms with van der Waals surface area (Å²) < 4.78 is 0. The van der Waals surface area contributed by atoms with Crippen molar-refractivity contribution in [2.75, 3.05) is 0 Å². The van der Waals surface area contributed by atoms with E-state index in [1.54, 1.807) is 5.56 Å². The van der Waals surface area contributed by atoms with Gasteiger partial charge < -0.3 is 4.98 Å². The molecule has 0 atom stereocenters. The minimum atomic E-state index is 1.19. The molecule has 100 valence electrons. The average molecular weight is 262 g/mol. The zero-order valence-corrected chi connectivity index (χ0v) is 11.5. The Hall–Kier alpha value is -2.09. The van der Waals surface area contributed by atoms with Gasteiger partial charge in [-0.25, -0.2) is 0 Å². The maximum absolute atomic E-state index is 4.25. The van der Waals surface area contributed by atoms with Gasteiger partial charge in [-0.2, -0.15) is 0 Å². The van der Waals surface area contributed by atoms with Crippen LogP contribution in [0.15, 0.2) is 42.7 Å². The summed E-state index contributed by atoms with van der Waals surface area (Å²) in [4.78, 5) is 7.95. The lowest BCUT2D eigenvalue weighted by Crippen LogP contribution is -1.86. The van der Waals surface area contributed by atoms with Crippen LogP contribution in [0.1, 0.15) is 30.5 Å². The van der Waals surface area contributed by atoms with Crippen molar-refractivity contribution in [1.29, 1.82) is 0 Å². The molecule has 4 rings (SSSR count). The summed E-state index contributed by atoms with van der Waals surface area (Å²) >= 11 is 0. The fourth-order valence-corrected chi connectivity index (χ4v) is 3.37. The largest absolute Gasteiger partial charge is 0.358 e. The molecule has 0 spiro atoms. The molecule has 1 aromatic carbocycles. The minimum absolute atomic E-state index is 1.19. The standard InChI is InChI=1S/C18H18N2/c1-2-7-15-16-9-4-8-14(13-6-5-11-19-12-13)18(16)20-17(15)10-3-1/h4-6,8-9,11-12,20H,1-3,7,10H2. The second-order valence-electron chi connectivity index (χ2n) is 5.61. The Labute approximate surface area is 118 Å². The third-order valence-electron chi connectivity index (χ3n) is 4.36. The zero-order valence-electron chi connectivity index (χ0n) is 11.5. The van der Waals surface area contributed by atoms with E-state index in [2.05, 4.69) is 34.2 Å². The van der Waals surface area contributed by atoms with Crippen molar-refractivity contribution in [2.45, 2.75) is 32.1 Å². The van der Waals surface area contributed by atoms with Crippen molar-refractivity contribution in [1.82, 2.24) is 9.97 Å². The quantitative estimate of drug-likeness (QED) is 0.643. The van der Waals surface area contributed by atoms with E-state index in [-0.39, 0.29) is 0 Å². The number of H-pyrrole nitrogens is 1. The molecule has 20 heavy (non-hydrogen) atoms. The molecule has 0 unspecified atom stereocenters. The smallest absolute Gasteiger partial charge is 0.0539 e. The number of fused-ring (bicyclic) bond motifs is 3. The first kappa shape index (κ1) is 11.7. The SMILES string of the molecule is c1cncc(-c2cccc3c4c([nH]c23)CCCCC4)c1. The van der Waals surface area contributed by atoms with E-state index in [9.17, 15) is 0 Å². The number of aromatic nitrogens is 2. The first-order valence-electron chi connectivity index (χ1n) is 7.46. The Morgan fingerprint density at radius 2 is 1.90 bits per heavy atom. The maximum atomic E-state index is 4.25. The molecule has 1 aliphatic rings. The lowest BCUT2D eigenvalue weighted by molar-refractivity contribution is 0.708. The predicted octanol–water partition coefficient (Wildman–Crippen LogP) is 4.50. The van der Waals surface area contributed by atoms with E-state index >= 15 is 0 Å².